The van der Waals surface area contributed by atoms with Crippen LogP contribution in [0.1, 0.15) is 32.5 Å². The smallest absolute Gasteiger partial charge is 0.120 e. The van der Waals surface area contributed by atoms with Gasteiger partial charge in [-0.15, -0.1) is 0 Å². The van der Waals surface area contributed by atoms with Gasteiger partial charge in [-0.25, -0.2) is 4.98 Å². The summed E-state index contributed by atoms with van der Waals surface area (Å²) in [6.07, 6.45) is 4.38. The van der Waals surface area contributed by atoms with E-state index in [-0.39, 0.29) is 0 Å². The Morgan fingerprint density at radius 1 is 1.25 bits per heavy atom. The number of benzene rings is 1. The number of hydrogen-bond donors (Lipinski definition) is 2. The molecule has 0 amide bonds. The van der Waals surface area contributed by atoms with E-state index in [1.165, 1.54) is 38.0 Å². The summed E-state index contributed by atoms with van der Waals surface area (Å²) >= 11 is 3.47. The van der Waals surface area contributed by atoms with Gasteiger partial charge in [0.2, 0.25) is 0 Å². The number of aromatic amines is 1. The van der Waals surface area contributed by atoms with Crippen LogP contribution in [-0.4, -0.2) is 40.5 Å². The van der Waals surface area contributed by atoms with Crippen molar-refractivity contribution in [2.24, 2.45) is 5.92 Å². The third-order valence-electron chi connectivity index (χ3n) is 4.55. The highest BCUT2D eigenvalue weighted by molar-refractivity contribution is 9.10. The molecule has 1 saturated heterocycles. The zero-order chi connectivity index (χ0) is 16.9. The lowest BCUT2D eigenvalue weighted by atomic mass is 10.0. The SMILES string of the molecule is CC(C)CN1CCC(NCc2ncc(-c3ccc(Br)cc3)[nH]2)CC1. The van der Waals surface area contributed by atoms with Gasteiger partial charge in [0.25, 0.3) is 0 Å². The monoisotopic (exact) mass is 390 g/mol. The molecule has 0 saturated carbocycles. The Morgan fingerprint density at radius 3 is 2.62 bits per heavy atom. The third-order valence-corrected chi connectivity index (χ3v) is 5.08. The van der Waals surface area contributed by atoms with Crippen LogP contribution < -0.4 is 5.32 Å². The summed E-state index contributed by atoms with van der Waals surface area (Å²) in [5.74, 6) is 1.77. The number of halogens is 1. The number of rotatable bonds is 6. The van der Waals surface area contributed by atoms with Crippen LogP contribution in [0.5, 0.6) is 0 Å². The molecular formula is C19H27BrN4. The van der Waals surface area contributed by atoms with Gasteiger partial charge in [-0.3, -0.25) is 0 Å². The molecule has 2 N–H and O–H groups in total. The van der Waals surface area contributed by atoms with E-state index < -0.39 is 0 Å². The molecule has 130 valence electrons. The summed E-state index contributed by atoms with van der Waals surface area (Å²) in [4.78, 5) is 10.5. The molecule has 0 atom stereocenters. The first-order valence-electron chi connectivity index (χ1n) is 8.85. The summed E-state index contributed by atoms with van der Waals surface area (Å²) in [5, 5.41) is 3.66. The second-order valence-electron chi connectivity index (χ2n) is 7.10. The molecule has 0 bridgehead atoms. The van der Waals surface area contributed by atoms with Crippen molar-refractivity contribution in [2.45, 2.75) is 39.3 Å². The number of piperidine rings is 1. The van der Waals surface area contributed by atoms with Gasteiger partial charge in [0.1, 0.15) is 5.82 Å². The summed E-state index contributed by atoms with van der Waals surface area (Å²) < 4.78 is 1.09. The van der Waals surface area contributed by atoms with Crippen molar-refractivity contribution in [2.75, 3.05) is 19.6 Å². The molecule has 0 spiro atoms. The highest BCUT2D eigenvalue weighted by atomic mass is 79.9. The lowest BCUT2D eigenvalue weighted by molar-refractivity contribution is 0.179. The molecule has 0 unspecified atom stereocenters. The van der Waals surface area contributed by atoms with E-state index in [1.54, 1.807) is 0 Å². The highest BCUT2D eigenvalue weighted by Crippen LogP contribution is 2.20. The Hall–Kier alpha value is -1.17. The third kappa shape index (κ3) is 4.91. The Kier molecular flexibility index (Phi) is 6.09. The van der Waals surface area contributed by atoms with Gasteiger partial charge in [0, 0.05) is 17.1 Å². The predicted molar refractivity (Wildman–Crippen MR) is 103 cm³/mol. The van der Waals surface area contributed by atoms with Gasteiger partial charge in [0.15, 0.2) is 0 Å². The Morgan fingerprint density at radius 2 is 1.96 bits per heavy atom. The average Bonchev–Trinajstić information content (AvgIpc) is 3.03. The quantitative estimate of drug-likeness (QED) is 0.781. The molecule has 2 heterocycles. The molecular weight excluding hydrogens is 364 g/mol. The fourth-order valence-electron chi connectivity index (χ4n) is 3.31. The minimum atomic E-state index is 0.606. The van der Waals surface area contributed by atoms with Crippen molar-refractivity contribution in [3.8, 4) is 11.3 Å². The molecule has 1 aliphatic heterocycles. The number of aromatic nitrogens is 2. The number of nitrogens with one attached hydrogen (secondary N) is 2. The summed E-state index contributed by atoms with van der Waals surface area (Å²) in [5.41, 5.74) is 2.24. The van der Waals surface area contributed by atoms with E-state index >= 15 is 0 Å². The average molecular weight is 391 g/mol. The lowest BCUT2D eigenvalue weighted by Gasteiger charge is -2.33. The number of H-pyrrole nitrogens is 1. The van der Waals surface area contributed by atoms with E-state index in [9.17, 15) is 0 Å². The van der Waals surface area contributed by atoms with Crippen LogP contribution in [0, 0.1) is 5.92 Å². The first-order valence-corrected chi connectivity index (χ1v) is 9.65. The fraction of sp³-hybridized carbons (Fsp3) is 0.526. The van der Waals surface area contributed by atoms with Gasteiger partial charge < -0.3 is 15.2 Å². The van der Waals surface area contributed by atoms with Gasteiger partial charge in [-0.2, -0.15) is 0 Å². The van der Waals surface area contributed by atoms with Crippen LogP contribution in [0.25, 0.3) is 11.3 Å². The molecule has 24 heavy (non-hydrogen) atoms. The summed E-state index contributed by atoms with van der Waals surface area (Å²) in [6.45, 7) is 9.04. The zero-order valence-electron chi connectivity index (χ0n) is 14.6. The number of hydrogen-bond acceptors (Lipinski definition) is 3. The number of likely N-dealkylation sites (tertiary alicyclic amines) is 1. The normalized spacial score (nSPS) is 16.8. The second kappa shape index (κ2) is 8.28. The van der Waals surface area contributed by atoms with Crippen molar-refractivity contribution < 1.29 is 0 Å². The Labute approximate surface area is 153 Å². The van der Waals surface area contributed by atoms with E-state index in [0.717, 1.165) is 28.5 Å². The Bertz CT molecular complexity index is 627. The molecule has 0 radical (unpaired) electrons. The minimum Gasteiger partial charge on any atom is -0.341 e. The molecule has 4 nitrogen and oxygen atoms in total. The molecule has 0 aliphatic carbocycles. The molecule has 1 aromatic carbocycles. The van der Waals surface area contributed by atoms with Crippen molar-refractivity contribution in [1.29, 1.82) is 0 Å². The predicted octanol–water partition coefficient (Wildman–Crippen LogP) is 4.05. The second-order valence-corrected chi connectivity index (χ2v) is 8.02. The van der Waals surface area contributed by atoms with Crippen molar-refractivity contribution in [1.82, 2.24) is 20.2 Å². The van der Waals surface area contributed by atoms with Crippen LogP contribution >= 0.6 is 15.9 Å². The maximum absolute atomic E-state index is 4.51. The zero-order valence-corrected chi connectivity index (χ0v) is 16.1. The van der Waals surface area contributed by atoms with E-state index in [4.69, 9.17) is 0 Å². The molecule has 1 aliphatic rings. The van der Waals surface area contributed by atoms with Gasteiger partial charge >= 0.3 is 0 Å². The maximum Gasteiger partial charge on any atom is 0.120 e. The maximum atomic E-state index is 4.51. The number of nitrogens with zero attached hydrogens (tertiary/aromatic N) is 2. The number of imidazole rings is 1. The van der Waals surface area contributed by atoms with E-state index in [2.05, 4.69) is 74.2 Å². The van der Waals surface area contributed by atoms with Crippen LogP contribution in [0.15, 0.2) is 34.9 Å². The van der Waals surface area contributed by atoms with Crippen molar-refractivity contribution >= 4 is 15.9 Å². The molecule has 5 heteroatoms. The van der Waals surface area contributed by atoms with Gasteiger partial charge in [0.05, 0.1) is 18.4 Å². The van der Waals surface area contributed by atoms with Crippen LogP contribution in [0.3, 0.4) is 0 Å². The first-order chi connectivity index (χ1) is 11.6. The molecule has 1 aromatic heterocycles. The highest BCUT2D eigenvalue weighted by Gasteiger charge is 2.19. The standard InChI is InChI=1S/C19H27BrN4/c1-14(2)13-24-9-7-17(8-10-24)21-12-19-22-11-18(23-19)15-3-5-16(20)6-4-15/h3-6,11,14,17,21H,7-10,12-13H2,1-2H3,(H,22,23). The van der Waals surface area contributed by atoms with Crippen LogP contribution in [-0.2, 0) is 6.54 Å². The molecule has 2 aromatic rings. The first kappa shape index (κ1) is 17.6. The van der Waals surface area contributed by atoms with Gasteiger partial charge in [-0.05, 0) is 49.5 Å². The summed E-state index contributed by atoms with van der Waals surface area (Å²) in [6, 6.07) is 8.91. The fourth-order valence-corrected chi connectivity index (χ4v) is 3.57. The minimum absolute atomic E-state index is 0.606. The van der Waals surface area contributed by atoms with Crippen molar-refractivity contribution in [3.63, 3.8) is 0 Å². The summed E-state index contributed by atoms with van der Waals surface area (Å²) in [7, 11) is 0. The van der Waals surface area contributed by atoms with Crippen molar-refractivity contribution in [3.05, 3.63) is 40.8 Å². The van der Waals surface area contributed by atoms with E-state index in [1.807, 2.05) is 6.20 Å². The largest absolute Gasteiger partial charge is 0.341 e. The van der Waals surface area contributed by atoms with Crippen LogP contribution in [0.4, 0.5) is 0 Å². The molecule has 1 fully saturated rings. The van der Waals surface area contributed by atoms with Gasteiger partial charge in [-0.1, -0.05) is 41.9 Å². The molecule has 3 rings (SSSR count). The van der Waals surface area contributed by atoms with E-state index in [0.29, 0.717) is 6.04 Å². The van der Waals surface area contributed by atoms with Crippen LogP contribution in [0.2, 0.25) is 0 Å². The topological polar surface area (TPSA) is 44.0 Å². The lowest BCUT2D eigenvalue weighted by Crippen LogP contribution is -2.43. The Balaban J connectivity index is 1.47.